The van der Waals surface area contributed by atoms with Gasteiger partial charge in [-0.2, -0.15) is 5.10 Å². The molecule has 0 bridgehead atoms. The highest BCUT2D eigenvalue weighted by Crippen LogP contribution is 2.10. The molecule has 0 radical (unpaired) electrons. The minimum absolute atomic E-state index is 0.802. The van der Waals surface area contributed by atoms with Crippen LogP contribution in [0.25, 0.3) is 0 Å². The molecule has 1 aromatic heterocycles. The van der Waals surface area contributed by atoms with Crippen LogP contribution >= 0.6 is 0 Å². The fourth-order valence-electron chi connectivity index (χ4n) is 1.71. The first-order valence-electron chi connectivity index (χ1n) is 5.66. The Labute approximate surface area is 87.3 Å². The summed E-state index contributed by atoms with van der Waals surface area (Å²) in [7, 11) is 0. The summed E-state index contributed by atoms with van der Waals surface area (Å²) >= 11 is 0. The molecule has 1 heterocycles. The van der Waals surface area contributed by atoms with E-state index in [1.807, 2.05) is 6.20 Å². The van der Waals surface area contributed by atoms with Crippen molar-refractivity contribution in [2.45, 2.75) is 53.5 Å². The third-order valence-corrected chi connectivity index (χ3v) is 2.74. The molecule has 1 aromatic rings. The van der Waals surface area contributed by atoms with Gasteiger partial charge in [-0.1, -0.05) is 20.8 Å². The third-order valence-electron chi connectivity index (χ3n) is 2.74. The van der Waals surface area contributed by atoms with E-state index in [0.717, 1.165) is 18.9 Å². The molecule has 0 N–H and O–H groups in total. The number of hydrogen-bond donors (Lipinski definition) is 0. The fraction of sp³-hybridized carbons (Fsp3) is 0.750. The van der Waals surface area contributed by atoms with E-state index < -0.39 is 0 Å². The maximum atomic E-state index is 4.40. The molecule has 0 saturated carbocycles. The van der Waals surface area contributed by atoms with E-state index in [0.29, 0.717) is 0 Å². The molecular weight excluding hydrogens is 172 g/mol. The van der Waals surface area contributed by atoms with Gasteiger partial charge in [0.05, 0.1) is 6.20 Å². The van der Waals surface area contributed by atoms with E-state index in [-0.39, 0.29) is 0 Å². The maximum absolute atomic E-state index is 4.40. The number of hydrogen-bond acceptors (Lipinski definition) is 1. The molecule has 0 aliphatic rings. The summed E-state index contributed by atoms with van der Waals surface area (Å²) in [5.74, 6) is 0.802. The quantitative estimate of drug-likeness (QED) is 0.704. The molecule has 0 fully saturated rings. The van der Waals surface area contributed by atoms with Gasteiger partial charge in [0, 0.05) is 12.2 Å². The van der Waals surface area contributed by atoms with Crippen LogP contribution in [0, 0.1) is 12.8 Å². The lowest BCUT2D eigenvalue weighted by atomic mass is 10.1. The summed E-state index contributed by atoms with van der Waals surface area (Å²) in [5, 5.41) is 4.40. The number of aryl methyl sites for hydroxylation is 2. The van der Waals surface area contributed by atoms with E-state index in [2.05, 4.69) is 37.5 Å². The second-order valence-corrected chi connectivity index (χ2v) is 4.37. The van der Waals surface area contributed by atoms with Crippen LogP contribution in [-0.4, -0.2) is 9.78 Å². The topological polar surface area (TPSA) is 17.8 Å². The van der Waals surface area contributed by atoms with Crippen LogP contribution < -0.4 is 0 Å². The maximum Gasteiger partial charge on any atom is 0.0524 e. The Kier molecular flexibility index (Phi) is 4.18. The van der Waals surface area contributed by atoms with E-state index in [1.165, 1.54) is 24.1 Å². The van der Waals surface area contributed by atoms with Crippen molar-refractivity contribution in [2.24, 2.45) is 5.92 Å². The van der Waals surface area contributed by atoms with Crippen LogP contribution in [0.5, 0.6) is 0 Å². The van der Waals surface area contributed by atoms with Crippen LogP contribution in [0.1, 0.15) is 44.9 Å². The van der Waals surface area contributed by atoms with Crippen molar-refractivity contribution in [3.05, 3.63) is 17.5 Å². The molecule has 0 unspecified atom stereocenters. The Morgan fingerprint density at radius 1 is 1.43 bits per heavy atom. The lowest BCUT2D eigenvalue weighted by Gasteiger charge is -2.06. The van der Waals surface area contributed by atoms with Crippen LogP contribution in [0.2, 0.25) is 0 Å². The third kappa shape index (κ3) is 2.86. The number of aromatic nitrogens is 2. The van der Waals surface area contributed by atoms with Crippen molar-refractivity contribution >= 4 is 0 Å². The van der Waals surface area contributed by atoms with Crippen molar-refractivity contribution in [1.82, 2.24) is 9.78 Å². The second-order valence-electron chi connectivity index (χ2n) is 4.37. The van der Waals surface area contributed by atoms with Gasteiger partial charge < -0.3 is 0 Å². The first-order chi connectivity index (χ1) is 6.65. The average molecular weight is 194 g/mol. The molecular formula is C12H22N2. The SMILES string of the molecule is CCc1cnn(CCCC(C)C)c1C. The van der Waals surface area contributed by atoms with Gasteiger partial charge in [-0.05, 0) is 37.7 Å². The predicted octanol–water partition coefficient (Wildman–Crippen LogP) is 3.19. The predicted molar refractivity (Wildman–Crippen MR) is 60.4 cm³/mol. The van der Waals surface area contributed by atoms with Crippen molar-refractivity contribution in [3.63, 3.8) is 0 Å². The Morgan fingerprint density at radius 3 is 2.64 bits per heavy atom. The fourth-order valence-corrected chi connectivity index (χ4v) is 1.71. The minimum atomic E-state index is 0.802. The van der Waals surface area contributed by atoms with E-state index in [9.17, 15) is 0 Å². The van der Waals surface area contributed by atoms with Crippen LogP contribution in [0.15, 0.2) is 6.20 Å². The summed E-state index contributed by atoms with van der Waals surface area (Å²) in [6, 6.07) is 0. The summed E-state index contributed by atoms with van der Waals surface area (Å²) in [5.41, 5.74) is 2.73. The zero-order valence-electron chi connectivity index (χ0n) is 9.88. The Hall–Kier alpha value is -0.790. The van der Waals surface area contributed by atoms with Crippen molar-refractivity contribution in [2.75, 3.05) is 0 Å². The second kappa shape index (κ2) is 5.18. The van der Waals surface area contributed by atoms with E-state index >= 15 is 0 Å². The summed E-state index contributed by atoms with van der Waals surface area (Å²) < 4.78 is 2.14. The van der Waals surface area contributed by atoms with E-state index in [4.69, 9.17) is 0 Å². The molecule has 2 heteroatoms. The molecule has 0 aromatic carbocycles. The van der Waals surface area contributed by atoms with Crippen LogP contribution in [-0.2, 0) is 13.0 Å². The average Bonchev–Trinajstić information content (AvgIpc) is 2.47. The van der Waals surface area contributed by atoms with Gasteiger partial charge in [0.25, 0.3) is 0 Å². The Bertz CT molecular complexity index is 274. The first kappa shape index (κ1) is 11.3. The number of nitrogens with zero attached hydrogens (tertiary/aromatic N) is 2. The minimum Gasteiger partial charge on any atom is -0.270 e. The lowest BCUT2D eigenvalue weighted by molar-refractivity contribution is 0.484. The molecule has 2 nitrogen and oxygen atoms in total. The lowest BCUT2D eigenvalue weighted by Crippen LogP contribution is -2.04. The number of rotatable bonds is 5. The zero-order valence-corrected chi connectivity index (χ0v) is 9.88. The van der Waals surface area contributed by atoms with Gasteiger partial charge in [0.15, 0.2) is 0 Å². The summed E-state index contributed by atoms with van der Waals surface area (Å²) in [6.07, 6.45) is 5.63. The van der Waals surface area contributed by atoms with Crippen LogP contribution in [0.4, 0.5) is 0 Å². The van der Waals surface area contributed by atoms with Gasteiger partial charge in [-0.15, -0.1) is 0 Å². The molecule has 80 valence electrons. The van der Waals surface area contributed by atoms with Gasteiger partial charge >= 0.3 is 0 Å². The van der Waals surface area contributed by atoms with Gasteiger partial charge in [0.2, 0.25) is 0 Å². The normalized spacial score (nSPS) is 11.2. The van der Waals surface area contributed by atoms with Crippen LogP contribution in [0.3, 0.4) is 0 Å². The van der Waals surface area contributed by atoms with Gasteiger partial charge in [0.1, 0.15) is 0 Å². The Morgan fingerprint density at radius 2 is 2.14 bits per heavy atom. The largest absolute Gasteiger partial charge is 0.270 e. The van der Waals surface area contributed by atoms with Crippen molar-refractivity contribution < 1.29 is 0 Å². The molecule has 0 amide bonds. The highest BCUT2D eigenvalue weighted by atomic mass is 15.3. The molecule has 14 heavy (non-hydrogen) atoms. The van der Waals surface area contributed by atoms with Gasteiger partial charge in [-0.25, -0.2) is 0 Å². The molecule has 0 aliphatic carbocycles. The monoisotopic (exact) mass is 194 g/mol. The molecule has 0 saturated heterocycles. The summed E-state index contributed by atoms with van der Waals surface area (Å²) in [4.78, 5) is 0. The molecule has 0 aliphatic heterocycles. The van der Waals surface area contributed by atoms with Crippen molar-refractivity contribution in [3.8, 4) is 0 Å². The molecule has 0 atom stereocenters. The standard InChI is InChI=1S/C12H22N2/c1-5-12-9-13-14(11(12)4)8-6-7-10(2)3/h9-10H,5-8H2,1-4H3. The zero-order chi connectivity index (χ0) is 10.6. The highest BCUT2D eigenvalue weighted by molar-refractivity contribution is 5.15. The smallest absolute Gasteiger partial charge is 0.0524 e. The molecule has 1 rings (SSSR count). The van der Waals surface area contributed by atoms with Gasteiger partial charge in [-0.3, -0.25) is 4.68 Å². The van der Waals surface area contributed by atoms with E-state index in [1.54, 1.807) is 0 Å². The molecule has 0 spiro atoms. The Balaban J connectivity index is 2.46. The summed E-state index contributed by atoms with van der Waals surface area (Å²) in [6.45, 7) is 9.97. The first-order valence-corrected chi connectivity index (χ1v) is 5.66. The highest BCUT2D eigenvalue weighted by Gasteiger charge is 2.03. The van der Waals surface area contributed by atoms with Crippen molar-refractivity contribution in [1.29, 1.82) is 0 Å².